The van der Waals surface area contributed by atoms with E-state index >= 15 is 0 Å². The van der Waals surface area contributed by atoms with Gasteiger partial charge in [0, 0.05) is 18.8 Å². The number of carbonyl (C=O) groups excluding carboxylic acids is 1. The van der Waals surface area contributed by atoms with Gasteiger partial charge in [-0.1, -0.05) is 30.3 Å². The third-order valence-electron chi connectivity index (χ3n) is 4.03. The van der Waals surface area contributed by atoms with Crippen molar-refractivity contribution in [2.45, 2.75) is 11.4 Å². The van der Waals surface area contributed by atoms with Gasteiger partial charge in [-0.15, -0.1) is 0 Å². The quantitative estimate of drug-likeness (QED) is 0.712. The van der Waals surface area contributed by atoms with E-state index in [1.807, 2.05) is 0 Å². The summed E-state index contributed by atoms with van der Waals surface area (Å²) in [5.74, 6) is -0.192. The maximum Gasteiger partial charge on any atom is 0.264 e. The summed E-state index contributed by atoms with van der Waals surface area (Å²) in [5.41, 5.74) is 1.74. The van der Waals surface area contributed by atoms with Crippen LogP contribution < -0.4 is 9.62 Å². The Balaban J connectivity index is 1.98. The lowest BCUT2D eigenvalue weighted by Gasteiger charge is -2.24. The number of nitrogens with one attached hydrogen (secondary N) is 1. The maximum atomic E-state index is 13.2. The summed E-state index contributed by atoms with van der Waals surface area (Å²) in [5, 5.41) is 2.56. The normalized spacial score (nSPS) is 11.0. The molecule has 0 unspecified atom stereocenters. The molecule has 0 atom stereocenters. The Kier molecular flexibility index (Phi) is 5.52. The van der Waals surface area contributed by atoms with Crippen LogP contribution in [0.15, 0.2) is 84.0 Å². The van der Waals surface area contributed by atoms with Crippen LogP contribution in [0.25, 0.3) is 0 Å². The number of rotatable bonds is 6. The van der Waals surface area contributed by atoms with Crippen molar-refractivity contribution in [1.82, 2.24) is 10.3 Å². The smallest absolute Gasteiger partial charge is 0.264 e. The zero-order valence-electron chi connectivity index (χ0n) is 14.7. The van der Waals surface area contributed by atoms with Gasteiger partial charge in [-0.2, -0.15) is 0 Å². The molecule has 0 aliphatic carbocycles. The number of benzene rings is 2. The topological polar surface area (TPSA) is 79.4 Å². The molecule has 0 fully saturated rings. The molecule has 3 aromatic rings. The van der Waals surface area contributed by atoms with Gasteiger partial charge in [-0.05, 0) is 42.0 Å². The van der Waals surface area contributed by atoms with Crippen LogP contribution in [-0.4, -0.2) is 26.4 Å². The molecule has 0 spiro atoms. The molecule has 1 N–H and O–H groups in total. The number of amides is 1. The van der Waals surface area contributed by atoms with E-state index in [0.717, 1.165) is 5.56 Å². The van der Waals surface area contributed by atoms with Crippen LogP contribution >= 0.6 is 0 Å². The van der Waals surface area contributed by atoms with Gasteiger partial charge in [0.1, 0.15) is 0 Å². The molecule has 0 saturated heterocycles. The van der Waals surface area contributed by atoms with Crippen molar-refractivity contribution >= 4 is 21.6 Å². The molecule has 2 aromatic carbocycles. The summed E-state index contributed by atoms with van der Waals surface area (Å²) in [7, 11) is -2.21. The van der Waals surface area contributed by atoms with Crippen molar-refractivity contribution in [3.05, 3.63) is 90.3 Å². The Morgan fingerprint density at radius 3 is 2.30 bits per heavy atom. The van der Waals surface area contributed by atoms with Gasteiger partial charge in [0.25, 0.3) is 15.9 Å². The van der Waals surface area contributed by atoms with Crippen LogP contribution in [0.5, 0.6) is 0 Å². The van der Waals surface area contributed by atoms with Gasteiger partial charge in [0.15, 0.2) is 0 Å². The van der Waals surface area contributed by atoms with Crippen molar-refractivity contribution in [2.24, 2.45) is 0 Å². The molecule has 7 heteroatoms. The molecule has 6 nitrogen and oxygen atoms in total. The molecular formula is C20H19N3O3S. The second-order valence-corrected chi connectivity index (χ2v) is 7.67. The van der Waals surface area contributed by atoms with Crippen LogP contribution in [0, 0.1) is 0 Å². The van der Waals surface area contributed by atoms with Crippen LogP contribution in [0.3, 0.4) is 0 Å². The lowest BCUT2D eigenvalue weighted by molar-refractivity contribution is 0.0963. The first-order valence-electron chi connectivity index (χ1n) is 8.31. The minimum absolute atomic E-state index is 0.122. The van der Waals surface area contributed by atoms with Gasteiger partial charge in [-0.3, -0.25) is 14.1 Å². The standard InChI is InChI=1S/C20H19N3O3S/c1-21-20(24)17-11-9-16(10-12-17)15-23(18-6-5-13-22-14-18)27(25,26)19-7-3-2-4-8-19/h2-14H,15H2,1H3,(H,21,24). The number of pyridine rings is 1. The number of sulfonamides is 1. The molecular weight excluding hydrogens is 362 g/mol. The summed E-state index contributed by atoms with van der Waals surface area (Å²) in [6.45, 7) is 0.122. The zero-order valence-corrected chi connectivity index (χ0v) is 15.6. The number of hydrogen-bond acceptors (Lipinski definition) is 4. The maximum absolute atomic E-state index is 13.2. The van der Waals surface area contributed by atoms with Gasteiger partial charge in [0.2, 0.25) is 0 Å². The van der Waals surface area contributed by atoms with Crippen LogP contribution in [-0.2, 0) is 16.6 Å². The first-order chi connectivity index (χ1) is 13.0. The van der Waals surface area contributed by atoms with E-state index in [1.165, 1.54) is 10.5 Å². The molecule has 27 heavy (non-hydrogen) atoms. The lowest BCUT2D eigenvalue weighted by atomic mass is 10.1. The first kappa shape index (κ1) is 18.6. The average Bonchev–Trinajstić information content (AvgIpc) is 2.73. The first-order valence-corrected chi connectivity index (χ1v) is 9.75. The van der Waals surface area contributed by atoms with E-state index < -0.39 is 10.0 Å². The number of hydrogen-bond donors (Lipinski definition) is 1. The van der Waals surface area contributed by atoms with Crippen molar-refractivity contribution in [3.63, 3.8) is 0 Å². The molecule has 0 aliphatic rings. The molecule has 1 heterocycles. The number of aromatic nitrogens is 1. The Morgan fingerprint density at radius 1 is 1.00 bits per heavy atom. The van der Waals surface area contributed by atoms with Gasteiger partial charge in [0.05, 0.1) is 23.3 Å². The minimum Gasteiger partial charge on any atom is -0.355 e. The van der Waals surface area contributed by atoms with E-state index in [4.69, 9.17) is 0 Å². The highest BCUT2D eigenvalue weighted by molar-refractivity contribution is 7.92. The second kappa shape index (κ2) is 8.01. The third kappa shape index (κ3) is 4.15. The van der Waals surface area contributed by atoms with Gasteiger partial charge >= 0.3 is 0 Å². The predicted octanol–water partition coefficient (Wildman–Crippen LogP) is 2.84. The molecule has 1 aromatic heterocycles. The van der Waals surface area contributed by atoms with E-state index in [0.29, 0.717) is 11.3 Å². The number of carbonyl (C=O) groups is 1. The summed E-state index contributed by atoms with van der Waals surface area (Å²) in [6.07, 6.45) is 3.11. The predicted molar refractivity (Wildman–Crippen MR) is 104 cm³/mol. The van der Waals surface area contributed by atoms with Crippen molar-refractivity contribution in [1.29, 1.82) is 0 Å². The fourth-order valence-corrected chi connectivity index (χ4v) is 4.07. The highest BCUT2D eigenvalue weighted by Gasteiger charge is 2.25. The monoisotopic (exact) mass is 381 g/mol. The molecule has 0 saturated carbocycles. The Labute approximate surface area is 158 Å². The van der Waals surface area contributed by atoms with E-state index in [-0.39, 0.29) is 17.3 Å². The van der Waals surface area contributed by atoms with Gasteiger partial charge in [-0.25, -0.2) is 8.42 Å². The van der Waals surface area contributed by atoms with E-state index in [1.54, 1.807) is 80.0 Å². The summed E-state index contributed by atoms with van der Waals surface area (Å²) < 4.78 is 27.7. The number of anilines is 1. The second-order valence-electron chi connectivity index (χ2n) is 5.81. The highest BCUT2D eigenvalue weighted by Crippen LogP contribution is 2.25. The molecule has 138 valence electrons. The summed E-state index contributed by atoms with van der Waals surface area (Å²) in [4.78, 5) is 15.9. The minimum atomic E-state index is -3.77. The fourth-order valence-electron chi connectivity index (χ4n) is 2.61. The van der Waals surface area contributed by atoms with E-state index in [9.17, 15) is 13.2 Å². The van der Waals surface area contributed by atoms with Crippen LogP contribution in [0.1, 0.15) is 15.9 Å². The molecule has 0 bridgehead atoms. The molecule has 0 radical (unpaired) electrons. The largest absolute Gasteiger partial charge is 0.355 e. The fraction of sp³-hybridized carbons (Fsp3) is 0.100. The highest BCUT2D eigenvalue weighted by atomic mass is 32.2. The number of nitrogens with zero attached hydrogens (tertiary/aromatic N) is 2. The van der Waals surface area contributed by atoms with Crippen molar-refractivity contribution in [3.8, 4) is 0 Å². The van der Waals surface area contributed by atoms with E-state index in [2.05, 4.69) is 10.3 Å². The van der Waals surface area contributed by atoms with Crippen molar-refractivity contribution < 1.29 is 13.2 Å². The average molecular weight is 381 g/mol. The summed E-state index contributed by atoms with van der Waals surface area (Å²) in [6, 6.07) is 18.5. The summed E-state index contributed by atoms with van der Waals surface area (Å²) >= 11 is 0. The SMILES string of the molecule is CNC(=O)c1ccc(CN(c2cccnc2)S(=O)(=O)c2ccccc2)cc1. The van der Waals surface area contributed by atoms with Gasteiger partial charge < -0.3 is 5.32 Å². The molecule has 1 amide bonds. The zero-order chi connectivity index (χ0) is 19.3. The van der Waals surface area contributed by atoms with Crippen molar-refractivity contribution in [2.75, 3.05) is 11.4 Å². The Morgan fingerprint density at radius 2 is 1.70 bits per heavy atom. The lowest BCUT2D eigenvalue weighted by Crippen LogP contribution is -2.30. The third-order valence-corrected chi connectivity index (χ3v) is 5.82. The molecule has 3 rings (SSSR count). The Bertz CT molecular complexity index is 1010. The Hall–Kier alpha value is -3.19. The van der Waals surface area contributed by atoms with Crippen LogP contribution in [0.2, 0.25) is 0 Å². The van der Waals surface area contributed by atoms with Crippen LogP contribution in [0.4, 0.5) is 5.69 Å². The molecule has 0 aliphatic heterocycles.